The fourth-order valence-electron chi connectivity index (χ4n) is 3.64. The molecular formula is C17H16N2O. The third-order valence-corrected chi connectivity index (χ3v) is 4.62. The van der Waals surface area contributed by atoms with Crippen LogP contribution in [0, 0.1) is 4.91 Å². The summed E-state index contributed by atoms with van der Waals surface area (Å²) in [6.45, 7) is 2.04. The number of rotatable bonds is 1. The van der Waals surface area contributed by atoms with Crippen LogP contribution in [0.1, 0.15) is 28.3 Å². The van der Waals surface area contributed by atoms with E-state index in [0.717, 1.165) is 31.5 Å². The molecule has 0 aromatic heterocycles. The first kappa shape index (κ1) is 11.8. The molecule has 0 bridgehead atoms. The van der Waals surface area contributed by atoms with Gasteiger partial charge in [0.05, 0.1) is 0 Å². The van der Waals surface area contributed by atoms with Gasteiger partial charge in [0.15, 0.2) is 0 Å². The van der Waals surface area contributed by atoms with Crippen LogP contribution in [0.3, 0.4) is 0 Å². The van der Waals surface area contributed by atoms with Crippen LogP contribution in [0.5, 0.6) is 0 Å². The molecule has 0 saturated carbocycles. The molecule has 2 aromatic rings. The maximum absolute atomic E-state index is 11.1. The van der Waals surface area contributed by atoms with Gasteiger partial charge < -0.3 is 0 Å². The number of fused-ring (bicyclic) bond motifs is 4. The maximum Gasteiger partial charge on any atom is 0.113 e. The van der Waals surface area contributed by atoms with E-state index < -0.39 is 0 Å². The van der Waals surface area contributed by atoms with Crippen LogP contribution in [-0.2, 0) is 19.4 Å². The van der Waals surface area contributed by atoms with E-state index in [1.54, 1.807) is 0 Å². The van der Waals surface area contributed by atoms with E-state index in [1.807, 2.05) is 12.1 Å². The second-order valence-electron chi connectivity index (χ2n) is 5.65. The van der Waals surface area contributed by atoms with Crippen molar-refractivity contribution in [2.75, 3.05) is 6.54 Å². The Bertz CT molecular complexity index is 680. The quantitative estimate of drug-likeness (QED) is 0.735. The zero-order valence-electron chi connectivity index (χ0n) is 11.2. The Kier molecular flexibility index (Phi) is 2.67. The van der Waals surface area contributed by atoms with Crippen molar-refractivity contribution in [1.82, 2.24) is 4.90 Å². The van der Waals surface area contributed by atoms with Crippen LogP contribution in [-0.4, -0.2) is 11.4 Å². The van der Waals surface area contributed by atoms with Gasteiger partial charge in [-0.05, 0) is 40.8 Å². The molecule has 20 heavy (non-hydrogen) atoms. The Morgan fingerprint density at radius 3 is 2.65 bits per heavy atom. The molecule has 1 unspecified atom stereocenters. The topological polar surface area (TPSA) is 32.7 Å². The Balaban J connectivity index is 1.83. The molecular weight excluding hydrogens is 248 g/mol. The lowest BCUT2D eigenvalue weighted by molar-refractivity contribution is 0.161. The molecule has 100 valence electrons. The third-order valence-electron chi connectivity index (χ3n) is 4.62. The first-order valence-corrected chi connectivity index (χ1v) is 7.13. The lowest BCUT2D eigenvalue weighted by Crippen LogP contribution is -2.39. The first-order valence-electron chi connectivity index (χ1n) is 7.13. The lowest BCUT2D eigenvalue weighted by Gasteiger charge is -2.41. The van der Waals surface area contributed by atoms with Crippen molar-refractivity contribution in [3.63, 3.8) is 0 Å². The van der Waals surface area contributed by atoms with E-state index in [-0.39, 0.29) is 0 Å². The molecule has 3 nitrogen and oxygen atoms in total. The van der Waals surface area contributed by atoms with Crippen molar-refractivity contribution in [3.8, 4) is 0 Å². The first-order chi connectivity index (χ1) is 9.86. The highest BCUT2D eigenvalue weighted by Gasteiger charge is 2.33. The SMILES string of the molecule is O=Nc1cccc2c1C1Cc3ccccc3CN1CC2. The van der Waals surface area contributed by atoms with Gasteiger partial charge in [-0.15, -0.1) is 4.91 Å². The van der Waals surface area contributed by atoms with Gasteiger partial charge in [-0.3, -0.25) is 4.90 Å². The second-order valence-corrected chi connectivity index (χ2v) is 5.65. The summed E-state index contributed by atoms with van der Waals surface area (Å²) in [6, 6.07) is 14.9. The van der Waals surface area contributed by atoms with Crippen molar-refractivity contribution in [2.45, 2.75) is 25.4 Å². The summed E-state index contributed by atoms with van der Waals surface area (Å²) >= 11 is 0. The van der Waals surface area contributed by atoms with Crippen LogP contribution in [0.25, 0.3) is 0 Å². The molecule has 0 aliphatic carbocycles. The van der Waals surface area contributed by atoms with Crippen molar-refractivity contribution in [2.24, 2.45) is 5.18 Å². The molecule has 0 fully saturated rings. The summed E-state index contributed by atoms with van der Waals surface area (Å²) in [7, 11) is 0. The normalized spacial score (nSPS) is 20.7. The molecule has 2 heterocycles. The highest BCUT2D eigenvalue weighted by Crippen LogP contribution is 2.42. The molecule has 2 aliphatic rings. The molecule has 0 saturated heterocycles. The Morgan fingerprint density at radius 2 is 1.80 bits per heavy atom. The zero-order chi connectivity index (χ0) is 13.5. The van der Waals surface area contributed by atoms with Crippen LogP contribution < -0.4 is 0 Å². The molecule has 4 rings (SSSR count). The van der Waals surface area contributed by atoms with E-state index in [1.165, 1.54) is 16.7 Å². The van der Waals surface area contributed by atoms with Crippen molar-refractivity contribution in [1.29, 1.82) is 0 Å². The molecule has 3 heteroatoms. The molecule has 0 N–H and O–H groups in total. The van der Waals surface area contributed by atoms with E-state index >= 15 is 0 Å². The summed E-state index contributed by atoms with van der Waals surface area (Å²) in [6.07, 6.45) is 1.99. The van der Waals surface area contributed by atoms with Gasteiger partial charge in [-0.2, -0.15) is 0 Å². The highest BCUT2D eigenvalue weighted by molar-refractivity contribution is 5.54. The third kappa shape index (κ3) is 1.70. The molecule has 2 aliphatic heterocycles. The van der Waals surface area contributed by atoms with E-state index in [2.05, 4.69) is 40.4 Å². The molecule has 2 aromatic carbocycles. The van der Waals surface area contributed by atoms with E-state index in [0.29, 0.717) is 11.7 Å². The van der Waals surface area contributed by atoms with Gasteiger partial charge in [-0.25, -0.2) is 0 Å². The van der Waals surface area contributed by atoms with Crippen LogP contribution in [0.15, 0.2) is 47.6 Å². The fourth-order valence-corrected chi connectivity index (χ4v) is 3.64. The standard InChI is InChI=1S/C17H16N2O/c20-18-15-7-3-6-12-8-9-19-11-14-5-2-1-4-13(14)10-16(19)17(12)15/h1-7,16H,8-11H2. The minimum atomic E-state index is 0.308. The van der Waals surface area contributed by atoms with Crippen molar-refractivity contribution < 1.29 is 0 Å². The average molecular weight is 264 g/mol. The molecule has 1 atom stereocenters. The van der Waals surface area contributed by atoms with Gasteiger partial charge in [0.25, 0.3) is 0 Å². The van der Waals surface area contributed by atoms with E-state index in [9.17, 15) is 4.91 Å². The predicted molar refractivity (Wildman–Crippen MR) is 78.9 cm³/mol. The van der Waals surface area contributed by atoms with Crippen LogP contribution >= 0.6 is 0 Å². The maximum atomic E-state index is 11.1. The highest BCUT2D eigenvalue weighted by atomic mass is 16.3. The van der Waals surface area contributed by atoms with Gasteiger partial charge in [-0.1, -0.05) is 36.4 Å². The van der Waals surface area contributed by atoms with Gasteiger partial charge in [0.1, 0.15) is 5.69 Å². The van der Waals surface area contributed by atoms with Gasteiger partial charge >= 0.3 is 0 Å². The van der Waals surface area contributed by atoms with E-state index in [4.69, 9.17) is 0 Å². The van der Waals surface area contributed by atoms with Crippen LogP contribution in [0.2, 0.25) is 0 Å². The largest absolute Gasteiger partial charge is 0.291 e. The number of nitroso groups, excluding NO2 is 1. The second kappa shape index (κ2) is 4.53. The summed E-state index contributed by atoms with van der Waals surface area (Å²) in [5, 5.41) is 3.25. The van der Waals surface area contributed by atoms with Gasteiger partial charge in [0, 0.05) is 24.7 Å². The molecule has 0 amide bonds. The smallest absolute Gasteiger partial charge is 0.113 e. The van der Waals surface area contributed by atoms with Gasteiger partial charge in [0.2, 0.25) is 0 Å². The number of nitrogens with zero attached hydrogens (tertiary/aromatic N) is 2. The summed E-state index contributed by atoms with van der Waals surface area (Å²) < 4.78 is 0. The zero-order valence-corrected chi connectivity index (χ0v) is 11.2. The molecule has 0 radical (unpaired) electrons. The van der Waals surface area contributed by atoms with Crippen LogP contribution in [0.4, 0.5) is 5.69 Å². The number of benzene rings is 2. The summed E-state index contributed by atoms with van der Waals surface area (Å²) in [5.74, 6) is 0. The van der Waals surface area contributed by atoms with Crippen molar-refractivity contribution >= 4 is 5.69 Å². The number of hydrogen-bond acceptors (Lipinski definition) is 3. The minimum Gasteiger partial charge on any atom is -0.291 e. The average Bonchev–Trinajstić information content (AvgIpc) is 2.52. The fraction of sp³-hybridized carbons (Fsp3) is 0.294. The number of hydrogen-bond donors (Lipinski definition) is 0. The Hall–Kier alpha value is -2.00. The predicted octanol–water partition coefficient (Wildman–Crippen LogP) is 3.74. The lowest BCUT2D eigenvalue weighted by atomic mass is 9.83. The summed E-state index contributed by atoms with van der Waals surface area (Å²) in [4.78, 5) is 13.6. The summed E-state index contributed by atoms with van der Waals surface area (Å²) in [5.41, 5.74) is 5.90. The minimum absolute atomic E-state index is 0.308. The Morgan fingerprint density at radius 1 is 1.00 bits per heavy atom. The molecule has 0 spiro atoms. The van der Waals surface area contributed by atoms with Crippen molar-refractivity contribution in [3.05, 3.63) is 69.6 Å². The Labute approximate surface area is 118 Å². The monoisotopic (exact) mass is 264 g/mol.